The van der Waals surface area contributed by atoms with E-state index in [1.165, 1.54) is 0 Å². The summed E-state index contributed by atoms with van der Waals surface area (Å²) in [7, 11) is 0. The van der Waals surface area contributed by atoms with Crippen LogP contribution >= 0.6 is 0 Å². The normalized spacial score (nSPS) is 14.6. The van der Waals surface area contributed by atoms with Crippen LogP contribution in [-0.2, 0) is 20.9 Å². The molecule has 1 fully saturated rings. The second-order valence-corrected chi connectivity index (χ2v) is 9.43. The van der Waals surface area contributed by atoms with Crippen LogP contribution in [0.1, 0.15) is 44.9 Å². The molecule has 0 radical (unpaired) electrons. The molecule has 1 aliphatic heterocycles. The molecule has 0 saturated carbocycles. The second-order valence-electron chi connectivity index (χ2n) is 9.43. The number of carbonyl (C=O) groups is 3. The zero-order valence-corrected chi connectivity index (χ0v) is 21.4. The van der Waals surface area contributed by atoms with Gasteiger partial charge in [-0.1, -0.05) is 42.5 Å². The lowest BCUT2D eigenvalue weighted by molar-refractivity contribution is -0.135. The van der Waals surface area contributed by atoms with E-state index in [2.05, 4.69) is 5.32 Å². The highest BCUT2D eigenvalue weighted by Gasteiger charge is 2.32. The van der Waals surface area contributed by atoms with E-state index in [0.717, 1.165) is 5.56 Å². The summed E-state index contributed by atoms with van der Waals surface area (Å²) in [4.78, 5) is 41.3. The predicted octanol–water partition coefficient (Wildman–Crippen LogP) is 4.13. The third kappa shape index (κ3) is 7.90. The predicted molar refractivity (Wildman–Crippen MR) is 135 cm³/mol. The lowest BCUT2D eigenvalue weighted by Crippen LogP contribution is -2.53. The second kappa shape index (κ2) is 12.3. The van der Waals surface area contributed by atoms with Crippen molar-refractivity contribution in [2.24, 2.45) is 0 Å². The van der Waals surface area contributed by atoms with Gasteiger partial charge in [0.25, 0.3) is 0 Å². The first kappa shape index (κ1) is 26.8. The maximum absolute atomic E-state index is 13.5. The number of benzene rings is 2. The van der Waals surface area contributed by atoms with E-state index in [1.807, 2.05) is 30.3 Å². The summed E-state index contributed by atoms with van der Waals surface area (Å²) in [6.07, 6.45) is -1.07. The quantitative estimate of drug-likeness (QED) is 0.618. The van der Waals surface area contributed by atoms with Crippen molar-refractivity contribution in [2.75, 3.05) is 32.8 Å². The Balaban J connectivity index is 1.70. The van der Waals surface area contributed by atoms with Crippen LogP contribution in [0.15, 0.2) is 54.6 Å². The molecule has 3 amide bonds. The van der Waals surface area contributed by atoms with Crippen LogP contribution in [0.5, 0.6) is 5.75 Å². The molecule has 2 aromatic rings. The van der Waals surface area contributed by atoms with Crippen LogP contribution in [0.2, 0.25) is 0 Å². The Labute approximate surface area is 212 Å². The third-order valence-electron chi connectivity index (χ3n) is 5.49. The highest BCUT2D eigenvalue weighted by molar-refractivity contribution is 5.87. The molecule has 1 saturated heterocycles. The van der Waals surface area contributed by atoms with Crippen LogP contribution in [0.4, 0.5) is 9.59 Å². The van der Waals surface area contributed by atoms with E-state index in [4.69, 9.17) is 14.2 Å². The molecular weight excluding hydrogens is 462 g/mol. The average Bonchev–Trinajstić information content (AvgIpc) is 2.86. The first-order valence-corrected chi connectivity index (χ1v) is 12.1. The number of rotatable bonds is 7. The average molecular weight is 498 g/mol. The topological polar surface area (TPSA) is 97.4 Å². The van der Waals surface area contributed by atoms with Crippen molar-refractivity contribution < 1.29 is 28.6 Å². The van der Waals surface area contributed by atoms with E-state index in [1.54, 1.807) is 61.8 Å². The van der Waals surface area contributed by atoms with Crippen LogP contribution in [0, 0.1) is 0 Å². The lowest BCUT2D eigenvalue weighted by atomic mass is 10.0. The van der Waals surface area contributed by atoms with Crippen molar-refractivity contribution >= 4 is 18.1 Å². The number of ether oxygens (including phenoxy) is 3. The molecule has 0 spiro atoms. The molecule has 0 aromatic heterocycles. The van der Waals surface area contributed by atoms with E-state index in [9.17, 15) is 14.4 Å². The summed E-state index contributed by atoms with van der Waals surface area (Å²) in [5.74, 6) is 0.372. The van der Waals surface area contributed by atoms with Gasteiger partial charge in [0.15, 0.2) is 0 Å². The number of carbonyl (C=O) groups excluding carboxylic acids is 3. The van der Waals surface area contributed by atoms with Crippen molar-refractivity contribution in [2.45, 2.75) is 45.9 Å². The molecule has 36 heavy (non-hydrogen) atoms. The third-order valence-corrected chi connectivity index (χ3v) is 5.49. The number of hydrogen-bond donors (Lipinski definition) is 1. The molecular formula is C27H35N3O6. The van der Waals surface area contributed by atoms with Gasteiger partial charge in [-0.05, 0) is 51.0 Å². The number of nitrogens with zero attached hydrogens (tertiary/aromatic N) is 2. The van der Waals surface area contributed by atoms with Gasteiger partial charge in [-0.15, -0.1) is 0 Å². The minimum atomic E-state index is -0.947. The summed E-state index contributed by atoms with van der Waals surface area (Å²) in [5.41, 5.74) is 0.937. The molecule has 2 aromatic carbocycles. The SMILES string of the molecule is CCOC(=O)N1CCN(C(=O)[C@@H](NC(=O)OC(C)(C)C)c2ccc(OCc3ccccc3)cc2)CC1. The smallest absolute Gasteiger partial charge is 0.409 e. The van der Waals surface area contributed by atoms with Gasteiger partial charge in [0.05, 0.1) is 6.61 Å². The Morgan fingerprint density at radius 1 is 0.917 bits per heavy atom. The van der Waals surface area contributed by atoms with Crippen molar-refractivity contribution in [3.05, 3.63) is 65.7 Å². The molecule has 1 aliphatic rings. The zero-order valence-electron chi connectivity index (χ0n) is 21.4. The minimum absolute atomic E-state index is 0.276. The molecule has 1 N–H and O–H groups in total. The summed E-state index contributed by atoms with van der Waals surface area (Å²) in [6.45, 7) is 9.14. The summed E-state index contributed by atoms with van der Waals surface area (Å²) < 4.78 is 16.3. The van der Waals surface area contributed by atoms with Crippen molar-refractivity contribution in [1.29, 1.82) is 0 Å². The van der Waals surface area contributed by atoms with E-state index < -0.39 is 17.7 Å². The molecule has 0 aliphatic carbocycles. The monoisotopic (exact) mass is 497 g/mol. The molecule has 1 atom stereocenters. The zero-order chi connectivity index (χ0) is 26.1. The van der Waals surface area contributed by atoms with Gasteiger partial charge < -0.3 is 29.3 Å². The highest BCUT2D eigenvalue weighted by Crippen LogP contribution is 2.22. The molecule has 0 bridgehead atoms. The van der Waals surface area contributed by atoms with Gasteiger partial charge in [0.1, 0.15) is 24.0 Å². The molecule has 9 heteroatoms. The van der Waals surface area contributed by atoms with Crippen LogP contribution in [0.25, 0.3) is 0 Å². The Hall–Kier alpha value is -3.75. The molecule has 1 heterocycles. The van der Waals surface area contributed by atoms with E-state index in [0.29, 0.717) is 50.7 Å². The molecule has 3 rings (SSSR count). The summed E-state index contributed by atoms with van der Waals surface area (Å²) >= 11 is 0. The van der Waals surface area contributed by atoms with Crippen LogP contribution in [-0.4, -0.2) is 66.3 Å². The minimum Gasteiger partial charge on any atom is -0.489 e. The highest BCUT2D eigenvalue weighted by atomic mass is 16.6. The fraction of sp³-hybridized carbons (Fsp3) is 0.444. The van der Waals surface area contributed by atoms with Gasteiger partial charge in [-0.2, -0.15) is 0 Å². The fourth-order valence-corrected chi connectivity index (χ4v) is 3.72. The largest absolute Gasteiger partial charge is 0.489 e. The van der Waals surface area contributed by atoms with Gasteiger partial charge in [0.2, 0.25) is 5.91 Å². The summed E-state index contributed by atoms with van der Waals surface area (Å²) in [6, 6.07) is 15.9. The molecule has 0 unspecified atom stereocenters. The molecule has 9 nitrogen and oxygen atoms in total. The Morgan fingerprint density at radius 3 is 2.11 bits per heavy atom. The first-order chi connectivity index (χ1) is 17.2. The Bertz CT molecular complexity index is 1010. The number of amides is 3. The Kier molecular flexibility index (Phi) is 9.16. The van der Waals surface area contributed by atoms with Crippen molar-refractivity contribution in [3.63, 3.8) is 0 Å². The lowest BCUT2D eigenvalue weighted by Gasteiger charge is -2.36. The van der Waals surface area contributed by atoms with Crippen molar-refractivity contribution in [1.82, 2.24) is 15.1 Å². The van der Waals surface area contributed by atoms with E-state index in [-0.39, 0.29) is 12.0 Å². The van der Waals surface area contributed by atoms with Gasteiger partial charge >= 0.3 is 12.2 Å². The number of alkyl carbamates (subject to hydrolysis) is 1. The van der Waals surface area contributed by atoms with E-state index >= 15 is 0 Å². The first-order valence-electron chi connectivity index (χ1n) is 12.1. The van der Waals surface area contributed by atoms with Crippen LogP contribution < -0.4 is 10.1 Å². The number of hydrogen-bond acceptors (Lipinski definition) is 6. The van der Waals surface area contributed by atoms with Gasteiger partial charge in [-0.25, -0.2) is 9.59 Å². The van der Waals surface area contributed by atoms with Gasteiger partial charge in [0, 0.05) is 26.2 Å². The Morgan fingerprint density at radius 2 is 1.53 bits per heavy atom. The maximum Gasteiger partial charge on any atom is 0.409 e. The summed E-state index contributed by atoms with van der Waals surface area (Å²) in [5, 5.41) is 2.72. The fourth-order valence-electron chi connectivity index (χ4n) is 3.72. The van der Waals surface area contributed by atoms with Gasteiger partial charge in [-0.3, -0.25) is 4.79 Å². The number of piperazine rings is 1. The van der Waals surface area contributed by atoms with Crippen molar-refractivity contribution in [3.8, 4) is 5.75 Å². The maximum atomic E-state index is 13.5. The number of nitrogens with one attached hydrogen (secondary N) is 1. The van der Waals surface area contributed by atoms with Crippen LogP contribution in [0.3, 0.4) is 0 Å². The standard InChI is InChI=1S/C27H35N3O6/c1-5-34-26(33)30-17-15-29(16-18-30)24(31)23(28-25(32)36-27(2,3)4)21-11-13-22(14-12-21)35-19-20-9-7-6-8-10-20/h6-14,23H,5,15-19H2,1-4H3,(H,28,32)/t23-/m0/s1. The molecule has 194 valence electrons.